The Kier molecular flexibility index (Phi) is 6.35. The molecular formula is C19H26N4O4S. The number of amides is 2. The van der Waals surface area contributed by atoms with Crippen LogP contribution in [0.1, 0.15) is 18.9 Å². The minimum Gasteiger partial charge on any atom is -0.383 e. The molecule has 2 heterocycles. The number of nitrogens with zero attached hydrogens (tertiary/aromatic N) is 3. The maximum atomic E-state index is 12.7. The number of urea groups is 1. The zero-order valence-corrected chi connectivity index (χ0v) is 17.0. The number of sulfonamides is 1. The highest BCUT2D eigenvalue weighted by Gasteiger charge is 2.34. The van der Waals surface area contributed by atoms with Gasteiger partial charge in [-0.1, -0.05) is 30.3 Å². The van der Waals surface area contributed by atoms with E-state index in [-0.39, 0.29) is 10.9 Å². The van der Waals surface area contributed by atoms with Crippen LogP contribution in [-0.4, -0.2) is 76.5 Å². The average Bonchev–Trinajstić information content (AvgIpc) is 2.83. The van der Waals surface area contributed by atoms with Gasteiger partial charge < -0.3 is 19.9 Å². The molecule has 0 aliphatic carbocycles. The van der Waals surface area contributed by atoms with Gasteiger partial charge >= 0.3 is 6.03 Å². The van der Waals surface area contributed by atoms with E-state index in [9.17, 15) is 13.2 Å². The molecule has 0 saturated carbocycles. The number of methoxy groups -OCH3 is 1. The summed E-state index contributed by atoms with van der Waals surface area (Å²) in [5, 5.41) is 2.82. The van der Waals surface area contributed by atoms with Gasteiger partial charge in [0, 0.05) is 45.4 Å². The van der Waals surface area contributed by atoms with E-state index in [0.717, 1.165) is 6.42 Å². The molecular weight excluding hydrogens is 380 g/mol. The smallest absolute Gasteiger partial charge is 0.317 e. The van der Waals surface area contributed by atoms with Crippen LogP contribution in [0.25, 0.3) is 4.91 Å². The molecule has 0 radical (unpaired) electrons. The third-order valence-corrected chi connectivity index (χ3v) is 6.31. The van der Waals surface area contributed by atoms with Crippen molar-refractivity contribution in [1.29, 1.82) is 0 Å². The Morgan fingerprint density at radius 1 is 1.18 bits per heavy atom. The average molecular weight is 407 g/mol. The molecule has 0 bridgehead atoms. The summed E-state index contributed by atoms with van der Waals surface area (Å²) in [4.78, 5) is 16.2. The monoisotopic (exact) mass is 406 g/mol. The number of rotatable bonds is 4. The summed E-state index contributed by atoms with van der Waals surface area (Å²) in [7, 11) is -2.14. The molecule has 8 nitrogen and oxygen atoms in total. The summed E-state index contributed by atoms with van der Waals surface area (Å²) in [6.07, 6.45) is 0.741. The van der Waals surface area contributed by atoms with Crippen molar-refractivity contribution in [3.8, 4) is 0 Å². The maximum Gasteiger partial charge on any atom is 0.317 e. The van der Waals surface area contributed by atoms with Gasteiger partial charge in [-0.15, -0.1) is 4.40 Å². The van der Waals surface area contributed by atoms with E-state index in [1.165, 1.54) is 0 Å². The quantitative estimate of drug-likeness (QED) is 0.766. The lowest BCUT2D eigenvalue weighted by molar-refractivity contribution is 0.181. The number of amidine groups is 1. The van der Waals surface area contributed by atoms with Crippen molar-refractivity contribution in [3.63, 3.8) is 0 Å². The van der Waals surface area contributed by atoms with Crippen molar-refractivity contribution in [2.75, 3.05) is 46.4 Å². The van der Waals surface area contributed by atoms with E-state index < -0.39 is 10.0 Å². The number of nitrogens with one attached hydrogen (secondary N) is 1. The number of benzene rings is 1. The Morgan fingerprint density at radius 3 is 2.64 bits per heavy atom. The van der Waals surface area contributed by atoms with Crippen molar-refractivity contribution in [3.05, 3.63) is 41.5 Å². The van der Waals surface area contributed by atoms with Gasteiger partial charge in [0.1, 0.15) is 10.7 Å². The van der Waals surface area contributed by atoms with E-state index in [1.54, 1.807) is 31.1 Å². The number of carbonyl (C=O) groups is 1. The molecule has 1 aromatic rings. The molecule has 3 rings (SSSR count). The standard InChI is InChI=1S/C19H26N4O4S/c1-15-17(16-7-4-3-5-8-16)28(25,26)21-18(15)22-10-6-11-23(13-12-22)19(24)20-9-14-27-2/h3-5,7-8H,6,9-14H2,1-2H3,(H,20,24). The number of hydrogen-bond acceptors (Lipinski definition) is 5. The van der Waals surface area contributed by atoms with Crippen molar-refractivity contribution < 1.29 is 17.9 Å². The zero-order chi connectivity index (χ0) is 20.1. The van der Waals surface area contributed by atoms with Crippen LogP contribution >= 0.6 is 0 Å². The Bertz CT molecular complexity index is 880. The van der Waals surface area contributed by atoms with Gasteiger partial charge in [-0.25, -0.2) is 4.79 Å². The first-order valence-corrected chi connectivity index (χ1v) is 10.8. The van der Waals surface area contributed by atoms with Crippen LogP contribution in [0.3, 0.4) is 0 Å². The highest BCUT2D eigenvalue weighted by atomic mass is 32.2. The minimum atomic E-state index is -3.73. The lowest BCUT2D eigenvalue weighted by Gasteiger charge is -2.24. The minimum absolute atomic E-state index is 0.128. The summed E-state index contributed by atoms with van der Waals surface area (Å²) in [5.41, 5.74) is 1.30. The second-order valence-corrected chi connectivity index (χ2v) is 8.30. The van der Waals surface area contributed by atoms with E-state index >= 15 is 0 Å². The molecule has 0 aromatic heterocycles. The van der Waals surface area contributed by atoms with Crippen molar-refractivity contribution in [2.45, 2.75) is 13.3 Å². The predicted octanol–water partition coefficient (Wildman–Crippen LogP) is 1.52. The van der Waals surface area contributed by atoms with Gasteiger partial charge in [-0.2, -0.15) is 8.42 Å². The second-order valence-electron chi connectivity index (χ2n) is 6.76. The van der Waals surface area contributed by atoms with Gasteiger partial charge in [-0.3, -0.25) is 0 Å². The lowest BCUT2D eigenvalue weighted by Crippen LogP contribution is -2.43. The highest BCUT2D eigenvalue weighted by Crippen LogP contribution is 2.33. The van der Waals surface area contributed by atoms with Crippen molar-refractivity contribution in [2.24, 2.45) is 4.40 Å². The topological polar surface area (TPSA) is 91.3 Å². The first-order valence-electron chi connectivity index (χ1n) is 9.32. The molecule has 0 atom stereocenters. The normalized spacial score (nSPS) is 19.4. The highest BCUT2D eigenvalue weighted by molar-refractivity contribution is 8.00. The summed E-state index contributed by atoms with van der Waals surface area (Å²) in [5.74, 6) is 0.487. The summed E-state index contributed by atoms with van der Waals surface area (Å²) in [6, 6.07) is 8.91. The Labute approximate surface area is 165 Å². The maximum absolute atomic E-state index is 12.7. The van der Waals surface area contributed by atoms with E-state index in [2.05, 4.69) is 9.71 Å². The molecule has 9 heteroatoms. The molecule has 1 N–H and O–H groups in total. The first kappa shape index (κ1) is 20.3. The molecule has 2 amide bonds. The number of ether oxygens (including phenoxy) is 1. The van der Waals surface area contributed by atoms with Gasteiger partial charge in [0.05, 0.1) is 6.61 Å². The molecule has 152 valence electrons. The van der Waals surface area contributed by atoms with Crippen LogP contribution in [0, 0.1) is 0 Å². The SMILES string of the molecule is COCCNC(=O)N1CCCN(C2=NS(=O)(=O)C(c3ccccc3)=C2C)CC1. The van der Waals surface area contributed by atoms with Crippen LogP contribution in [0.2, 0.25) is 0 Å². The fourth-order valence-corrected chi connectivity index (χ4v) is 4.96. The molecule has 0 spiro atoms. The van der Waals surface area contributed by atoms with Crippen LogP contribution < -0.4 is 5.32 Å². The van der Waals surface area contributed by atoms with Crippen molar-refractivity contribution >= 4 is 26.8 Å². The van der Waals surface area contributed by atoms with Gasteiger partial charge in [-0.05, 0) is 18.9 Å². The fraction of sp³-hybridized carbons (Fsp3) is 0.474. The van der Waals surface area contributed by atoms with Crippen LogP contribution in [-0.2, 0) is 14.8 Å². The summed E-state index contributed by atoms with van der Waals surface area (Å²) in [6.45, 7) is 5.03. The Balaban J connectivity index is 1.74. The molecule has 2 aliphatic rings. The predicted molar refractivity (Wildman–Crippen MR) is 108 cm³/mol. The molecule has 1 fully saturated rings. The third-order valence-electron chi connectivity index (χ3n) is 4.84. The third kappa shape index (κ3) is 4.36. The largest absolute Gasteiger partial charge is 0.383 e. The molecule has 0 unspecified atom stereocenters. The molecule has 28 heavy (non-hydrogen) atoms. The van der Waals surface area contributed by atoms with E-state index in [4.69, 9.17) is 4.74 Å². The molecule has 2 aliphatic heterocycles. The van der Waals surface area contributed by atoms with Gasteiger partial charge in [0.2, 0.25) is 0 Å². The molecule has 1 aromatic carbocycles. The summed E-state index contributed by atoms with van der Waals surface area (Å²) >= 11 is 0. The van der Waals surface area contributed by atoms with E-state index in [1.807, 2.05) is 23.1 Å². The Hall–Kier alpha value is -2.39. The van der Waals surface area contributed by atoms with Crippen LogP contribution in [0.5, 0.6) is 0 Å². The van der Waals surface area contributed by atoms with Crippen LogP contribution in [0.15, 0.2) is 40.3 Å². The van der Waals surface area contributed by atoms with Gasteiger partial charge in [0.25, 0.3) is 10.0 Å². The second kappa shape index (κ2) is 8.74. The zero-order valence-electron chi connectivity index (χ0n) is 16.2. The number of hydrogen-bond donors (Lipinski definition) is 1. The molecule has 1 saturated heterocycles. The lowest BCUT2D eigenvalue weighted by atomic mass is 10.1. The van der Waals surface area contributed by atoms with Gasteiger partial charge in [0.15, 0.2) is 0 Å². The first-order chi connectivity index (χ1) is 13.4. The van der Waals surface area contributed by atoms with Crippen molar-refractivity contribution in [1.82, 2.24) is 15.1 Å². The van der Waals surface area contributed by atoms with E-state index in [0.29, 0.717) is 56.3 Å². The summed E-state index contributed by atoms with van der Waals surface area (Å²) < 4.78 is 34.4. The fourth-order valence-electron chi connectivity index (χ4n) is 3.48. The Morgan fingerprint density at radius 2 is 1.93 bits per heavy atom. The van der Waals surface area contributed by atoms with Crippen LogP contribution in [0.4, 0.5) is 4.79 Å². The number of carbonyl (C=O) groups excluding carboxylic acids is 1.